The van der Waals surface area contributed by atoms with Gasteiger partial charge in [0.05, 0.1) is 18.6 Å². The number of nitrogens with zero attached hydrogens (tertiary/aromatic N) is 1. The molecule has 1 aliphatic heterocycles. The van der Waals surface area contributed by atoms with E-state index in [-0.39, 0.29) is 17.3 Å². The van der Waals surface area contributed by atoms with Crippen molar-refractivity contribution in [2.45, 2.75) is 30.6 Å². The minimum atomic E-state index is -3.47. The zero-order valence-corrected chi connectivity index (χ0v) is 17.4. The van der Waals surface area contributed by atoms with Gasteiger partial charge in [0, 0.05) is 30.5 Å². The number of carbonyl (C=O) groups is 1. The minimum Gasteiger partial charge on any atom is -0.497 e. The Hall–Kier alpha value is -2.58. The highest BCUT2D eigenvalue weighted by atomic mass is 32.2. The first-order valence-electron chi connectivity index (χ1n) is 9.77. The van der Waals surface area contributed by atoms with E-state index in [0.717, 1.165) is 25.7 Å². The normalized spacial score (nSPS) is 15.3. The summed E-state index contributed by atoms with van der Waals surface area (Å²) in [5.74, 6) is 0.455. The lowest BCUT2D eigenvalue weighted by atomic mass is 10.2. The first-order chi connectivity index (χ1) is 14.0. The van der Waals surface area contributed by atoms with Crippen molar-refractivity contribution >= 4 is 27.3 Å². The molecule has 2 N–H and O–H groups in total. The van der Waals surface area contributed by atoms with Crippen molar-refractivity contribution in [3.63, 3.8) is 0 Å². The molecule has 7 nitrogen and oxygen atoms in total. The van der Waals surface area contributed by atoms with E-state index in [1.807, 2.05) is 0 Å². The third kappa shape index (κ3) is 5.71. The van der Waals surface area contributed by atoms with Gasteiger partial charge in [-0.25, -0.2) is 8.42 Å². The van der Waals surface area contributed by atoms with Gasteiger partial charge >= 0.3 is 0 Å². The van der Waals surface area contributed by atoms with E-state index in [2.05, 4.69) is 10.6 Å². The summed E-state index contributed by atoms with van der Waals surface area (Å²) in [6, 6.07) is 13.7. The molecule has 2 aromatic rings. The number of hydrogen-bond acceptors (Lipinski definition) is 5. The average Bonchev–Trinajstić information content (AvgIpc) is 3.03. The maximum Gasteiger partial charge on any atom is 0.243 e. The van der Waals surface area contributed by atoms with Crippen LogP contribution in [-0.2, 0) is 14.8 Å². The summed E-state index contributed by atoms with van der Waals surface area (Å²) in [5, 5.41) is 5.80. The van der Waals surface area contributed by atoms with Gasteiger partial charge in [0.25, 0.3) is 0 Å². The molecule has 0 spiro atoms. The third-order valence-corrected chi connectivity index (χ3v) is 6.78. The smallest absolute Gasteiger partial charge is 0.243 e. The van der Waals surface area contributed by atoms with Crippen LogP contribution in [-0.4, -0.2) is 45.4 Å². The van der Waals surface area contributed by atoms with Crippen LogP contribution in [0.5, 0.6) is 5.75 Å². The van der Waals surface area contributed by atoms with E-state index in [4.69, 9.17) is 4.74 Å². The molecule has 1 amide bonds. The van der Waals surface area contributed by atoms with Gasteiger partial charge in [-0.3, -0.25) is 4.79 Å². The highest BCUT2D eigenvalue weighted by Crippen LogP contribution is 2.22. The molecule has 0 aromatic heterocycles. The molecule has 29 heavy (non-hydrogen) atoms. The van der Waals surface area contributed by atoms with Gasteiger partial charge < -0.3 is 15.4 Å². The first kappa shape index (κ1) is 21.1. The molecule has 1 fully saturated rings. The maximum absolute atomic E-state index is 12.8. The van der Waals surface area contributed by atoms with Crippen LogP contribution in [0.1, 0.15) is 25.7 Å². The predicted octanol–water partition coefficient (Wildman–Crippen LogP) is 3.31. The van der Waals surface area contributed by atoms with E-state index >= 15 is 0 Å². The van der Waals surface area contributed by atoms with Crippen molar-refractivity contribution in [1.82, 2.24) is 4.31 Å². The number of carbonyl (C=O) groups excluding carboxylic acids is 1. The topological polar surface area (TPSA) is 87.7 Å². The van der Waals surface area contributed by atoms with Gasteiger partial charge in [-0.1, -0.05) is 18.9 Å². The van der Waals surface area contributed by atoms with Crippen molar-refractivity contribution in [2.75, 3.05) is 37.4 Å². The Morgan fingerprint density at radius 1 is 1.00 bits per heavy atom. The number of methoxy groups -OCH3 is 1. The van der Waals surface area contributed by atoms with Crippen molar-refractivity contribution < 1.29 is 17.9 Å². The second kappa shape index (κ2) is 9.76. The number of rotatable bonds is 7. The summed E-state index contributed by atoms with van der Waals surface area (Å²) in [4.78, 5) is 12.4. The molecule has 156 valence electrons. The Kier molecular flexibility index (Phi) is 7.11. The molecule has 0 bridgehead atoms. The van der Waals surface area contributed by atoms with Crippen LogP contribution in [0.25, 0.3) is 0 Å². The van der Waals surface area contributed by atoms with Gasteiger partial charge in [0.2, 0.25) is 15.9 Å². The Labute approximate surface area is 172 Å². The van der Waals surface area contributed by atoms with E-state index in [1.165, 1.54) is 0 Å². The fourth-order valence-corrected chi connectivity index (χ4v) is 4.78. The molecule has 0 aliphatic carbocycles. The van der Waals surface area contributed by atoms with Crippen LogP contribution in [0.3, 0.4) is 0 Å². The zero-order valence-electron chi connectivity index (χ0n) is 16.6. The van der Waals surface area contributed by atoms with Crippen molar-refractivity contribution in [3.8, 4) is 5.75 Å². The summed E-state index contributed by atoms with van der Waals surface area (Å²) in [6.07, 6.45) is 3.96. The van der Waals surface area contributed by atoms with Gasteiger partial charge in [-0.15, -0.1) is 0 Å². The maximum atomic E-state index is 12.8. The molecule has 1 saturated heterocycles. The molecule has 0 unspecified atom stereocenters. The number of nitrogens with one attached hydrogen (secondary N) is 2. The SMILES string of the molecule is COc1cccc(NC(=O)CNc2ccc(S(=O)(=O)N3CCCCCC3)cc2)c1. The summed E-state index contributed by atoms with van der Waals surface area (Å²) in [6.45, 7) is 1.22. The lowest BCUT2D eigenvalue weighted by Gasteiger charge is -2.20. The Morgan fingerprint density at radius 2 is 1.69 bits per heavy atom. The third-order valence-electron chi connectivity index (χ3n) is 4.86. The van der Waals surface area contributed by atoms with Gasteiger partial charge in [0.1, 0.15) is 5.75 Å². The van der Waals surface area contributed by atoms with Crippen molar-refractivity contribution in [2.24, 2.45) is 0 Å². The number of sulfonamides is 1. The average molecular weight is 418 g/mol. The minimum absolute atomic E-state index is 0.0649. The molecule has 0 radical (unpaired) electrons. The van der Waals surface area contributed by atoms with Crippen LogP contribution >= 0.6 is 0 Å². The zero-order chi connectivity index (χ0) is 20.7. The predicted molar refractivity (Wildman–Crippen MR) is 114 cm³/mol. The summed E-state index contributed by atoms with van der Waals surface area (Å²) in [5.41, 5.74) is 1.33. The lowest BCUT2D eigenvalue weighted by Crippen LogP contribution is -2.31. The largest absolute Gasteiger partial charge is 0.497 e. The quantitative estimate of drug-likeness (QED) is 0.722. The standard InChI is InChI=1S/C21H27N3O4S/c1-28-19-8-6-7-18(15-19)23-21(25)16-22-17-9-11-20(12-10-17)29(26,27)24-13-4-2-3-5-14-24/h6-12,15,22H,2-5,13-14,16H2,1H3,(H,23,25). The van der Waals surface area contributed by atoms with Crippen LogP contribution in [0.4, 0.5) is 11.4 Å². The van der Waals surface area contributed by atoms with E-state index in [1.54, 1.807) is 59.9 Å². The molecule has 8 heteroatoms. The molecule has 1 aliphatic rings. The fourth-order valence-electron chi connectivity index (χ4n) is 3.26. The molecule has 3 rings (SSSR count). The molecule has 0 atom stereocenters. The Morgan fingerprint density at radius 3 is 2.34 bits per heavy atom. The van der Waals surface area contributed by atoms with Gasteiger partial charge in [0.15, 0.2) is 0 Å². The van der Waals surface area contributed by atoms with Crippen LogP contribution in [0.2, 0.25) is 0 Å². The highest BCUT2D eigenvalue weighted by Gasteiger charge is 2.24. The van der Waals surface area contributed by atoms with Gasteiger partial charge in [-0.2, -0.15) is 4.31 Å². The molecule has 2 aromatic carbocycles. The molecule has 1 heterocycles. The second-order valence-corrected chi connectivity index (χ2v) is 8.91. The molecular formula is C21H27N3O4S. The number of benzene rings is 2. The lowest BCUT2D eigenvalue weighted by molar-refractivity contribution is -0.114. The monoisotopic (exact) mass is 417 g/mol. The fraction of sp³-hybridized carbons (Fsp3) is 0.381. The second-order valence-electron chi connectivity index (χ2n) is 6.98. The van der Waals surface area contributed by atoms with Crippen LogP contribution < -0.4 is 15.4 Å². The number of ether oxygens (including phenoxy) is 1. The molecular weight excluding hydrogens is 390 g/mol. The summed E-state index contributed by atoms with van der Waals surface area (Å²) in [7, 11) is -1.90. The Bertz CT molecular complexity index is 921. The van der Waals surface area contributed by atoms with Gasteiger partial charge in [-0.05, 0) is 49.2 Å². The van der Waals surface area contributed by atoms with Crippen LogP contribution in [0, 0.1) is 0 Å². The summed E-state index contributed by atoms with van der Waals surface area (Å²) >= 11 is 0. The van der Waals surface area contributed by atoms with Crippen molar-refractivity contribution in [3.05, 3.63) is 48.5 Å². The van der Waals surface area contributed by atoms with E-state index in [9.17, 15) is 13.2 Å². The van der Waals surface area contributed by atoms with Crippen molar-refractivity contribution in [1.29, 1.82) is 0 Å². The highest BCUT2D eigenvalue weighted by molar-refractivity contribution is 7.89. The first-order valence-corrected chi connectivity index (χ1v) is 11.2. The van der Waals surface area contributed by atoms with E-state index < -0.39 is 10.0 Å². The molecule has 0 saturated carbocycles. The van der Waals surface area contributed by atoms with Crippen LogP contribution in [0.15, 0.2) is 53.4 Å². The number of hydrogen-bond donors (Lipinski definition) is 2. The van der Waals surface area contributed by atoms with E-state index in [0.29, 0.717) is 30.2 Å². The number of amides is 1. The number of anilines is 2. The summed E-state index contributed by atoms with van der Waals surface area (Å²) < 4.78 is 32.3. The Balaban J connectivity index is 1.56.